The van der Waals surface area contributed by atoms with Crippen LogP contribution in [-0.4, -0.2) is 59.7 Å². The van der Waals surface area contributed by atoms with E-state index >= 15 is 0 Å². The molecule has 4 heteroatoms. The third kappa shape index (κ3) is 3.72. The zero-order valence-corrected chi connectivity index (χ0v) is 9.52. The lowest BCUT2D eigenvalue weighted by atomic mass is 9.92. The van der Waals surface area contributed by atoms with Crippen molar-refractivity contribution in [3.8, 4) is 0 Å². The Hall–Kier alpha value is -0.160. The minimum Gasteiger partial charge on any atom is -0.396 e. The van der Waals surface area contributed by atoms with E-state index in [0.717, 1.165) is 32.5 Å². The average molecular weight is 217 g/mol. The van der Waals surface area contributed by atoms with Crippen LogP contribution in [0.1, 0.15) is 19.8 Å². The minimum atomic E-state index is -0.395. The summed E-state index contributed by atoms with van der Waals surface area (Å²) in [6.07, 6.45) is 1.99. The van der Waals surface area contributed by atoms with Crippen LogP contribution < -0.4 is 0 Å². The van der Waals surface area contributed by atoms with E-state index in [-0.39, 0.29) is 19.8 Å². The molecule has 1 unspecified atom stereocenters. The van der Waals surface area contributed by atoms with Crippen molar-refractivity contribution in [1.29, 1.82) is 0 Å². The molecule has 0 aromatic heterocycles. The van der Waals surface area contributed by atoms with Crippen molar-refractivity contribution in [2.45, 2.75) is 19.8 Å². The van der Waals surface area contributed by atoms with Crippen LogP contribution in [0.2, 0.25) is 0 Å². The van der Waals surface area contributed by atoms with Gasteiger partial charge in [0.1, 0.15) is 0 Å². The number of nitrogens with zero attached hydrogens (tertiary/aromatic N) is 1. The highest BCUT2D eigenvalue weighted by molar-refractivity contribution is 4.82. The molecule has 0 aromatic rings. The Balaban J connectivity index is 2.34. The predicted octanol–water partition coefficient (Wildman–Crippen LogP) is -0.318. The molecule has 0 spiro atoms. The molecule has 1 saturated heterocycles. The van der Waals surface area contributed by atoms with Crippen LogP contribution in [0.5, 0.6) is 0 Å². The van der Waals surface area contributed by atoms with Crippen LogP contribution in [-0.2, 0) is 0 Å². The Labute approximate surface area is 91.5 Å². The molecule has 1 aliphatic rings. The average Bonchev–Trinajstić information content (AvgIpc) is 2.66. The Kier molecular flexibility index (Phi) is 4.99. The van der Waals surface area contributed by atoms with Crippen LogP contribution >= 0.6 is 0 Å². The smallest absolute Gasteiger partial charge is 0.0519 e. The molecule has 1 aliphatic heterocycles. The topological polar surface area (TPSA) is 63.9 Å². The lowest BCUT2D eigenvalue weighted by molar-refractivity contribution is 0.0403. The fourth-order valence-electron chi connectivity index (χ4n) is 2.16. The number of rotatable bonds is 6. The van der Waals surface area contributed by atoms with E-state index < -0.39 is 5.41 Å². The van der Waals surface area contributed by atoms with Crippen LogP contribution in [0, 0.1) is 11.3 Å². The van der Waals surface area contributed by atoms with Gasteiger partial charge in [0.05, 0.1) is 13.2 Å². The number of aliphatic hydroxyl groups is 3. The van der Waals surface area contributed by atoms with Gasteiger partial charge in [0.15, 0.2) is 0 Å². The maximum absolute atomic E-state index is 9.19. The third-order valence-corrected chi connectivity index (χ3v) is 3.28. The summed E-state index contributed by atoms with van der Waals surface area (Å²) in [6, 6.07) is 0. The fraction of sp³-hybridized carbons (Fsp3) is 1.00. The van der Waals surface area contributed by atoms with E-state index in [1.165, 1.54) is 0 Å². The molecule has 0 radical (unpaired) electrons. The summed E-state index contributed by atoms with van der Waals surface area (Å²) >= 11 is 0. The Morgan fingerprint density at radius 3 is 2.47 bits per heavy atom. The summed E-state index contributed by atoms with van der Waals surface area (Å²) in [6.45, 7) is 4.93. The molecule has 0 amide bonds. The molecular formula is C11H23NO3. The van der Waals surface area contributed by atoms with Gasteiger partial charge < -0.3 is 20.2 Å². The van der Waals surface area contributed by atoms with Crippen molar-refractivity contribution in [3.05, 3.63) is 0 Å². The molecule has 0 aromatic carbocycles. The highest BCUT2D eigenvalue weighted by atomic mass is 16.3. The number of hydrogen-bond acceptors (Lipinski definition) is 4. The minimum absolute atomic E-state index is 0.0185. The van der Waals surface area contributed by atoms with Crippen LogP contribution in [0.25, 0.3) is 0 Å². The van der Waals surface area contributed by atoms with Crippen molar-refractivity contribution in [2.75, 3.05) is 39.5 Å². The molecule has 1 atom stereocenters. The molecule has 15 heavy (non-hydrogen) atoms. The van der Waals surface area contributed by atoms with Gasteiger partial charge in [-0.15, -0.1) is 0 Å². The molecule has 3 N–H and O–H groups in total. The maximum Gasteiger partial charge on any atom is 0.0519 e. The van der Waals surface area contributed by atoms with E-state index in [1.54, 1.807) is 0 Å². The van der Waals surface area contributed by atoms with E-state index in [0.29, 0.717) is 5.92 Å². The van der Waals surface area contributed by atoms with Gasteiger partial charge in [-0.25, -0.2) is 0 Å². The monoisotopic (exact) mass is 217 g/mol. The summed E-state index contributed by atoms with van der Waals surface area (Å²) in [7, 11) is 0. The van der Waals surface area contributed by atoms with Crippen molar-refractivity contribution in [2.24, 2.45) is 11.3 Å². The van der Waals surface area contributed by atoms with Gasteiger partial charge >= 0.3 is 0 Å². The molecule has 4 nitrogen and oxygen atoms in total. The third-order valence-electron chi connectivity index (χ3n) is 3.28. The number of aliphatic hydroxyl groups excluding tert-OH is 3. The Bertz CT molecular complexity index is 183. The van der Waals surface area contributed by atoms with E-state index in [1.807, 2.05) is 6.92 Å². The lowest BCUT2D eigenvalue weighted by Gasteiger charge is -2.30. The van der Waals surface area contributed by atoms with Crippen molar-refractivity contribution in [1.82, 2.24) is 4.90 Å². The van der Waals surface area contributed by atoms with Crippen LogP contribution in [0.4, 0.5) is 0 Å². The standard InChI is InChI=1S/C11H23NO3/c1-11(8-14,9-15)7-12-4-2-10(6-12)3-5-13/h10,13-15H,2-9H2,1H3. The van der Waals surface area contributed by atoms with Gasteiger partial charge in [0, 0.05) is 25.1 Å². The summed E-state index contributed by atoms with van der Waals surface area (Å²) < 4.78 is 0. The largest absolute Gasteiger partial charge is 0.396 e. The maximum atomic E-state index is 9.19. The first-order chi connectivity index (χ1) is 7.13. The molecule has 1 heterocycles. The molecule has 1 fully saturated rings. The second-order valence-corrected chi connectivity index (χ2v) is 5.03. The van der Waals surface area contributed by atoms with E-state index in [2.05, 4.69) is 4.90 Å². The predicted molar refractivity (Wildman–Crippen MR) is 58.5 cm³/mol. The fourth-order valence-corrected chi connectivity index (χ4v) is 2.16. The second-order valence-electron chi connectivity index (χ2n) is 5.03. The van der Waals surface area contributed by atoms with E-state index in [4.69, 9.17) is 5.11 Å². The van der Waals surface area contributed by atoms with Gasteiger partial charge in [-0.2, -0.15) is 0 Å². The second kappa shape index (κ2) is 5.80. The lowest BCUT2D eigenvalue weighted by Crippen LogP contribution is -2.39. The van der Waals surface area contributed by atoms with Crippen LogP contribution in [0.3, 0.4) is 0 Å². The molecule has 1 rings (SSSR count). The Morgan fingerprint density at radius 2 is 1.93 bits per heavy atom. The molecule has 0 saturated carbocycles. The first-order valence-corrected chi connectivity index (χ1v) is 5.68. The number of likely N-dealkylation sites (tertiary alicyclic amines) is 1. The van der Waals surface area contributed by atoms with Crippen molar-refractivity contribution < 1.29 is 15.3 Å². The van der Waals surface area contributed by atoms with Crippen LogP contribution in [0.15, 0.2) is 0 Å². The highest BCUT2D eigenvalue weighted by Gasteiger charge is 2.30. The SMILES string of the molecule is CC(CO)(CO)CN1CCC(CCO)C1. The molecule has 0 bridgehead atoms. The highest BCUT2D eigenvalue weighted by Crippen LogP contribution is 2.24. The van der Waals surface area contributed by atoms with Gasteiger partial charge in [-0.05, 0) is 25.3 Å². The van der Waals surface area contributed by atoms with Crippen molar-refractivity contribution >= 4 is 0 Å². The summed E-state index contributed by atoms with van der Waals surface area (Å²) in [4.78, 5) is 2.27. The summed E-state index contributed by atoms with van der Waals surface area (Å²) in [5.41, 5.74) is -0.395. The van der Waals surface area contributed by atoms with E-state index in [9.17, 15) is 10.2 Å². The zero-order chi connectivity index (χ0) is 11.3. The van der Waals surface area contributed by atoms with Gasteiger partial charge in [0.25, 0.3) is 0 Å². The molecule has 0 aliphatic carbocycles. The Morgan fingerprint density at radius 1 is 1.27 bits per heavy atom. The van der Waals surface area contributed by atoms with Gasteiger partial charge in [-0.1, -0.05) is 6.92 Å². The van der Waals surface area contributed by atoms with Gasteiger partial charge in [0.2, 0.25) is 0 Å². The number of hydrogen-bond donors (Lipinski definition) is 3. The molecular weight excluding hydrogens is 194 g/mol. The molecule has 90 valence electrons. The first kappa shape index (κ1) is 12.9. The zero-order valence-electron chi connectivity index (χ0n) is 9.52. The summed E-state index contributed by atoms with van der Waals surface area (Å²) in [5, 5.41) is 27.2. The van der Waals surface area contributed by atoms with Gasteiger partial charge in [-0.3, -0.25) is 0 Å². The van der Waals surface area contributed by atoms with Crippen molar-refractivity contribution in [3.63, 3.8) is 0 Å². The normalized spacial score (nSPS) is 23.6. The first-order valence-electron chi connectivity index (χ1n) is 5.68. The summed E-state index contributed by atoms with van der Waals surface area (Å²) in [5.74, 6) is 0.580. The quantitative estimate of drug-likeness (QED) is 0.570.